The Hall–Kier alpha value is -1.55. The minimum Gasteiger partial charge on any atom is -0.493 e. The Bertz CT molecular complexity index is 665. The molecule has 1 aromatic carbocycles. The molecule has 0 aromatic heterocycles. The normalized spacial score (nSPS) is 41.2. The van der Waals surface area contributed by atoms with Gasteiger partial charge in [-0.05, 0) is 23.6 Å². The van der Waals surface area contributed by atoms with E-state index in [-0.39, 0.29) is 5.41 Å². The molecule has 4 aliphatic rings. The summed E-state index contributed by atoms with van der Waals surface area (Å²) in [5.74, 6) is 3.07. The summed E-state index contributed by atoms with van der Waals surface area (Å²) in [4.78, 5) is 12.3. The van der Waals surface area contributed by atoms with Crippen LogP contribution in [0.15, 0.2) is 18.2 Å². The Balaban J connectivity index is 1.86. The smallest absolute Gasteiger partial charge is 0.161 e. The summed E-state index contributed by atoms with van der Waals surface area (Å²) in [7, 11) is 5.69. The van der Waals surface area contributed by atoms with Crippen molar-refractivity contribution in [3.63, 3.8) is 0 Å². The molecule has 124 valence electrons. The zero-order valence-corrected chi connectivity index (χ0v) is 14.5. The molecule has 0 unspecified atom stereocenters. The third-order valence-electron chi connectivity index (χ3n) is 6.91. The van der Waals surface area contributed by atoms with Crippen LogP contribution in [0.1, 0.15) is 25.3 Å². The Labute approximate surface area is 138 Å². The van der Waals surface area contributed by atoms with Gasteiger partial charge in [0.25, 0.3) is 0 Å². The highest BCUT2D eigenvalue weighted by molar-refractivity contribution is 5.81. The summed E-state index contributed by atoms with van der Waals surface area (Å²) in [6.07, 6.45) is 1.44. The highest BCUT2D eigenvalue weighted by atomic mass is 16.5. The molecule has 2 bridgehead atoms. The summed E-state index contributed by atoms with van der Waals surface area (Å²) in [6, 6.07) is 6.80. The molecule has 3 heterocycles. The van der Waals surface area contributed by atoms with E-state index in [1.165, 1.54) is 18.7 Å². The lowest BCUT2D eigenvalue weighted by atomic mass is 9.57. The molecular formula is C19H26NO3+. The first kappa shape index (κ1) is 15.0. The molecule has 3 atom stereocenters. The van der Waals surface area contributed by atoms with Crippen LogP contribution in [0, 0.1) is 11.8 Å². The van der Waals surface area contributed by atoms with Crippen molar-refractivity contribution in [1.29, 1.82) is 0 Å². The number of benzene rings is 1. The molecule has 0 N–H and O–H groups in total. The Morgan fingerprint density at radius 3 is 2.48 bits per heavy atom. The highest BCUT2D eigenvalue weighted by Crippen LogP contribution is 2.63. The van der Waals surface area contributed by atoms with Crippen LogP contribution in [0.3, 0.4) is 0 Å². The van der Waals surface area contributed by atoms with Gasteiger partial charge in [0.2, 0.25) is 0 Å². The van der Waals surface area contributed by atoms with Gasteiger partial charge in [-0.2, -0.15) is 0 Å². The minimum atomic E-state index is 0.113. The average molecular weight is 316 g/mol. The molecule has 1 aromatic rings. The number of hydrogen-bond donors (Lipinski definition) is 0. The fourth-order valence-corrected chi connectivity index (χ4v) is 6.05. The largest absolute Gasteiger partial charge is 0.493 e. The van der Waals surface area contributed by atoms with E-state index in [2.05, 4.69) is 26.1 Å². The molecule has 5 rings (SSSR count). The lowest BCUT2D eigenvalue weighted by Gasteiger charge is -2.43. The second-order valence-corrected chi connectivity index (χ2v) is 7.91. The number of likely N-dealkylation sites (N-methyl/N-ethyl adjacent to an activating group) is 1. The average Bonchev–Trinajstić information content (AvgIpc) is 2.90. The molecule has 3 aliphatic heterocycles. The Morgan fingerprint density at radius 2 is 1.83 bits per heavy atom. The second-order valence-electron chi connectivity index (χ2n) is 7.91. The van der Waals surface area contributed by atoms with E-state index >= 15 is 0 Å². The molecule has 4 heteroatoms. The van der Waals surface area contributed by atoms with E-state index in [0.717, 1.165) is 22.4 Å². The number of ketones is 1. The fourth-order valence-electron chi connectivity index (χ4n) is 6.05. The predicted molar refractivity (Wildman–Crippen MR) is 87.8 cm³/mol. The van der Waals surface area contributed by atoms with Gasteiger partial charge in [-0.25, -0.2) is 0 Å². The van der Waals surface area contributed by atoms with E-state index in [4.69, 9.17) is 9.47 Å². The maximum atomic E-state index is 12.3. The van der Waals surface area contributed by atoms with Gasteiger partial charge in [-0.1, -0.05) is 13.0 Å². The van der Waals surface area contributed by atoms with Crippen LogP contribution < -0.4 is 9.47 Å². The van der Waals surface area contributed by atoms with Crippen LogP contribution in [-0.2, 0) is 10.2 Å². The maximum Gasteiger partial charge on any atom is 0.161 e. The van der Waals surface area contributed by atoms with Gasteiger partial charge < -0.3 is 14.0 Å². The van der Waals surface area contributed by atoms with Crippen molar-refractivity contribution in [3.8, 4) is 11.5 Å². The molecule has 4 fully saturated rings. The zero-order valence-electron chi connectivity index (χ0n) is 14.5. The van der Waals surface area contributed by atoms with Gasteiger partial charge in [0.05, 0.1) is 52.1 Å². The van der Waals surface area contributed by atoms with Crippen molar-refractivity contribution in [2.45, 2.75) is 31.2 Å². The fraction of sp³-hybridized carbons (Fsp3) is 0.632. The van der Waals surface area contributed by atoms with Crippen molar-refractivity contribution in [3.05, 3.63) is 23.8 Å². The van der Waals surface area contributed by atoms with Crippen molar-refractivity contribution >= 4 is 5.78 Å². The lowest BCUT2D eigenvalue weighted by Crippen LogP contribution is -2.57. The van der Waals surface area contributed by atoms with Gasteiger partial charge in [0, 0.05) is 6.42 Å². The van der Waals surface area contributed by atoms with Crippen LogP contribution in [0.5, 0.6) is 11.5 Å². The number of nitrogens with zero attached hydrogens (tertiary/aromatic N) is 1. The number of Topliss-reactive ketones (excluding diaryl/α,β-unsaturated/α-hetero) is 1. The Morgan fingerprint density at radius 1 is 1.13 bits per heavy atom. The molecule has 3 saturated heterocycles. The summed E-state index contributed by atoms with van der Waals surface area (Å²) in [5, 5.41) is 0. The molecular weight excluding hydrogens is 290 g/mol. The van der Waals surface area contributed by atoms with E-state index in [1.54, 1.807) is 14.2 Å². The van der Waals surface area contributed by atoms with Crippen molar-refractivity contribution in [2.75, 3.05) is 34.4 Å². The number of carbonyl (C=O) groups is 1. The van der Waals surface area contributed by atoms with E-state index in [9.17, 15) is 4.79 Å². The van der Waals surface area contributed by atoms with Crippen molar-refractivity contribution < 1.29 is 18.8 Å². The van der Waals surface area contributed by atoms with E-state index in [0.29, 0.717) is 30.1 Å². The number of rotatable bonds is 3. The van der Waals surface area contributed by atoms with Gasteiger partial charge in [0.1, 0.15) is 11.8 Å². The summed E-state index contributed by atoms with van der Waals surface area (Å²) < 4.78 is 12.0. The van der Waals surface area contributed by atoms with Gasteiger partial charge in [-0.3, -0.25) is 4.79 Å². The van der Waals surface area contributed by atoms with Crippen LogP contribution in [0.4, 0.5) is 0 Å². The van der Waals surface area contributed by atoms with Crippen molar-refractivity contribution in [1.82, 2.24) is 0 Å². The first-order valence-corrected chi connectivity index (χ1v) is 8.54. The maximum absolute atomic E-state index is 12.3. The summed E-state index contributed by atoms with van der Waals surface area (Å²) >= 11 is 0. The zero-order chi connectivity index (χ0) is 16.4. The first-order chi connectivity index (χ1) is 11.0. The van der Waals surface area contributed by atoms with Crippen LogP contribution >= 0.6 is 0 Å². The SMILES string of the molecule is COc1ccc([C@]23C4C[N+](C)(C4)[C@H]2CC(=O)C[C@H]3C)cc1OC. The number of hydrogen-bond acceptors (Lipinski definition) is 3. The van der Waals surface area contributed by atoms with Gasteiger partial charge in [0.15, 0.2) is 11.5 Å². The molecule has 0 spiro atoms. The summed E-state index contributed by atoms with van der Waals surface area (Å²) in [5.41, 5.74) is 1.45. The topological polar surface area (TPSA) is 35.5 Å². The lowest BCUT2D eigenvalue weighted by molar-refractivity contribution is -0.952. The predicted octanol–water partition coefficient (Wildman–Crippen LogP) is 2.40. The van der Waals surface area contributed by atoms with Crippen molar-refractivity contribution in [2.24, 2.45) is 11.8 Å². The quantitative estimate of drug-likeness (QED) is 0.803. The number of quaternary nitrogens is 1. The third-order valence-corrected chi connectivity index (χ3v) is 6.91. The van der Waals surface area contributed by atoms with Gasteiger partial charge in [-0.15, -0.1) is 0 Å². The number of methoxy groups -OCH3 is 2. The number of ether oxygens (including phenoxy) is 2. The van der Waals surface area contributed by atoms with Gasteiger partial charge >= 0.3 is 0 Å². The molecule has 1 aliphatic carbocycles. The minimum absolute atomic E-state index is 0.113. The summed E-state index contributed by atoms with van der Waals surface area (Å²) in [6.45, 7) is 4.68. The highest BCUT2D eigenvalue weighted by Gasteiger charge is 2.74. The van der Waals surface area contributed by atoms with Crippen LogP contribution in [0.25, 0.3) is 0 Å². The molecule has 0 amide bonds. The Kier molecular flexibility index (Phi) is 3.08. The second kappa shape index (κ2) is 4.73. The number of carbonyl (C=O) groups excluding carboxylic acids is 1. The molecule has 1 saturated carbocycles. The van der Waals surface area contributed by atoms with Crippen LogP contribution in [-0.4, -0.2) is 50.7 Å². The first-order valence-electron chi connectivity index (χ1n) is 8.54. The monoisotopic (exact) mass is 316 g/mol. The molecule has 0 radical (unpaired) electrons. The third kappa shape index (κ3) is 1.73. The van der Waals surface area contributed by atoms with E-state index < -0.39 is 0 Å². The standard InChI is InChI=1S/C19H26NO3/c1-12-7-15(21)9-18-19(12,14-10-20(18,2)11-14)13-5-6-16(22-3)17(8-13)23-4/h5-6,8,12,14,18H,7,9-11H2,1-4H3/q+1/t12-,14?,18+,19-,20?/m1/s1. The van der Waals surface area contributed by atoms with Crippen LogP contribution in [0.2, 0.25) is 0 Å². The van der Waals surface area contributed by atoms with E-state index in [1.807, 2.05) is 6.07 Å². The molecule has 4 nitrogen and oxygen atoms in total. The molecule has 23 heavy (non-hydrogen) atoms.